The molecule has 1 aromatic heterocycles. The van der Waals surface area contributed by atoms with E-state index < -0.39 is 5.82 Å². The van der Waals surface area contributed by atoms with E-state index in [-0.39, 0.29) is 17.6 Å². The Morgan fingerprint density at radius 3 is 2.22 bits per heavy atom. The molecule has 7 rings (SSSR count). The van der Waals surface area contributed by atoms with Crippen molar-refractivity contribution in [3.05, 3.63) is 149 Å². The second-order valence-corrected chi connectivity index (χ2v) is 13.9. The Labute approximate surface area is 312 Å². The van der Waals surface area contributed by atoms with Crippen molar-refractivity contribution in [1.29, 1.82) is 0 Å². The van der Waals surface area contributed by atoms with Crippen LogP contribution in [0.2, 0.25) is 0 Å². The molecule has 10 nitrogen and oxygen atoms in total. The Morgan fingerprint density at radius 2 is 1.59 bits per heavy atom. The monoisotopic (exact) mass is 915 g/mol. The molecule has 0 amide bonds. The van der Waals surface area contributed by atoms with E-state index in [9.17, 15) is 13.6 Å². The zero-order valence-corrected chi connectivity index (χ0v) is 31.3. The van der Waals surface area contributed by atoms with Crippen molar-refractivity contribution in [1.82, 2.24) is 20.2 Å². The van der Waals surface area contributed by atoms with E-state index >= 15 is 0 Å². The number of nitrogens with zero attached hydrogens (tertiary/aromatic N) is 7. The zero-order chi connectivity index (χ0) is 34.9. The van der Waals surface area contributed by atoms with Gasteiger partial charge in [-0.25, -0.2) is 8.78 Å². The average Bonchev–Trinajstić information content (AvgIpc) is 3.74. The van der Waals surface area contributed by atoms with Crippen molar-refractivity contribution in [2.75, 3.05) is 11.9 Å². The summed E-state index contributed by atoms with van der Waals surface area (Å²) < 4.78 is 31.8. The number of fused-ring (bicyclic) bond motifs is 1. The van der Waals surface area contributed by atoms with Gasteiger partial charge in [0.15, 0.2) is 5.78 Å². The van der Waals surface area contributed by atoms with Crippen molar-refractivity contribution in [2.24, 2.45) is 21.2 Å². The summed E-state index contributed by atoms with van der Waals surface area (Å²) in [6.07, 6.45) is 5.11. The molecule has 1 atom stereocenters. The number of nitrogens with two attached hydrogens (primary N) is 1. The van der Waals surface area contributed by atoms with Crippen LogP contribution in [0, 0.1) is 11.6 Å². The van der Waals surface area contributed by atoms with Crippen LogP contribution in [0.3, 0.4) is 0 Å². The number of ketones is 1. The third kappa shape index (κ3) is 10.4. The highest BCUT2D eigenvalue weighted by atomic mass is 79.9. The van der Waals surface area contributed by atoms with E-state index in [2.05, 4.69) is 100 Å². The molecule has 5 aromatic rings. The largest absolute Gasteiger partial charge is 0.384 e. The topological polar surface area (TPSA) is 136 Å². The Kier molecular flexibility index (Phi) is 12.4. The molecule has 0 saturated heterocycles. The molecular weight excluding hydrogens is 896 g/mol. The summed E-state index contributed by atoms with van der Waals surface area (Å²) in [6.45, 7) is 0.472. The third-order valence-corrected chi connectivity index (χ3v) is 8.49. The number of carbonyl (C=O) groups is 1. The maximum absolute atomic E-state index is 13.8. The molecule has 4 aromatic carbocycles. The molecule has 3 heterocycles. The highest BCUT2D eigenvalue weighted by Gasteiger charge is 2.24. The van der Waals surface area contributed by atoms with Crippen LogP contribution in [0.15, 0.2) is 130 Å². The molecule has 0 radical (unpaired) electrons. The van der Waals surface area contributed by atoms with Crippen LogP contribution in [0.25, 0.3) is 11.8 Å². The van der Waals surface area contributed by atoms with Crippen molar-refractivity contribution in [3.63, 3.8) is 0 Å². The minimum atomic E-state index is -0.436. The first kappa shape index (κ1) is 36.0. The number of amidine groups is 1. The van der Waals surface area contributed by atoms with E-state index in [1.165, 1.54) is 30.3 Å². The summed E-state index contributed by atoms with van der Waals surface area (Å²) >= 11 is 13.3. The maximum Gasteiger partial charge on any atom is 0.248 e. The second kappa shape index (κ2) is 16.9. The van der Waals surface area contributed by atoms with E-state index in [0.29, 0.717) is 32.8 Å². The van der Waals surface area contributed by atoms with Crippen molar-refractivity contribution >= 4 is 93.1 Å². The number of aromatic nitrogens is 4. The van der Waals surface area contributed by atoms with Gasteiger partial charge in [0.05, 0.1) is 0 Å². The van der Waals surface area contributed by atoms with Crippen LogP contribution in [-0.2, 0) is 0 Å². The second-order valence-electron chi connectivity index (χ2n) is 10.2. The lowest BCUT2D eigenvalue weighted by Crippen LogP contribution is -2.20. The first-order valence-electron chi connectivity index (χ1n) is 14.2. The molecule has 248 valence electrons. The van der Waals surface area contributed by atoms with Gasteiger partial charge in [0.25, 0.3) is 0 Å². The molecule has 49 heavy (non-hydrogen) atoms. The number of allylic oxidation sites excluding steroid dienone is 2. The number of anilines is 1. The molecule has 0 bridgehead atoms. The van der Waals surface area contributed by atoms with Crippen LogP contribution in [0.1, 0.15) is 33.1 Å². The molecule has 2 aliphatic rings. The van der Waals surface area contributed by atoms with Gasteiger partial charge in [-0.2, -0.15) is 9.80 Å². The standard InChI is InChI=1S/C16H10Br2FN5.C15H9Br2FO.C2H4N4/c17-11-3-1-2-9(4-11)15-8-14(20-16-21-22-23-24(15)16)10-5-12(18)7-13(19)6-10;16-12-3-1-2-10(6-12)4-5-15(19)11-7-13(17)9-14(18)8-11;3-2-1-4-6-5-2/h1-8,15H,(H,20,21,23);1-9H;1H2,(H2,3,4,5)/b;5-4+;. The number of rotatable bonds is 5. The van der Waals surface area contributed by atoms with Crippen molar-refractivity contribution in [2.45, 2.75) is 6.04 Å². The molecule has 0 spiro atoms. The van der Waals surface area contributed by atoms with Gasteiger partial charge >= 0.3 is 0 Å². The predicted octanol–water partition coefficient (Wildman–Crippen LogP) is 9.36. The van der Waals surface area contributed by atoms with Gasteiger partial charge in [0, 0.05) is 34.7 Å². The molecule has 0 saturated carbocycles. The highest BCUT2D eigenvalue weighted by molar-refractivity contribution is 9.11. The molecule has 0 fully saturated rings. The Balaban J connectivity index is 0.000000167. The Hall–Kier alpha value is -4.25. The summed E-state index contributed by atoms with van der Waals surface area (Å²) in [6, 6.07) is 24.2. The molecule has 0 aliphatic carbocycles. The van der Waals surface area contributed by atoms with Crippen LogP contribution in [0.4, 0.5) is 14.7 Å². The van der Waals surface area contributed by atoms with Crippen molar-refractivity contribution < 1.29 is 13.6 Å². The number of nitrogens with one attached hydrogen (secondary N) is 1. The minimum Gasteiger partial charge on any atom is -0.384 e. The third-order valence-electron chi connectivity index (χ3n) is 6.58. The molecule has 16 heteroatoms. The van der Waals surface area contributed by atoms with Gasteiger partial charge < -0.3 is 11.1 Å². The number of benzene rings is 4. The molecule has 2 aliphatic heterocycles. The first-order valence-corrected chi connectivity index (χ1v) is 17.3. The molecular formula is C33H23Br4F2N9O. The summed E-state index contributed by atoms with van der Waals surface area (Å²) in [7, 11) is 0. The average molecular weight is 919 g/mol. The fourth-order valence-electron chi connectivity index (χ4n) is 4.46. The van der Waals surface area contributed by atoms with Gasteiger partial charge in [0.2, 0.25) is 5.95 Å². The number of hydrogen-bond acceptors (Lipinski definition) is 9. The normalized spacial score (nSPS) is 14.4. The lowest BCUT2D eigenvalue weighted by Gasteiger charge is -2.23. The Morgan fingerprint density at radius 1 is 0.878 bits per heavy atom. The summed E-state index contributed by atoms with van der Waals surface area (Å²) in [5.74, 6) is 0.0212. The summed E-state index contributed by atoms with van der Waals surface area (Å²) in [4.78, 5) is 11.9. The summed E-state index contributed by atoms with van der Waals surface area (Å²) in [5.41, 5.74) is 8.81. The van der Waals surface area contributed by atoms with Gasteiger partial charge in [-0.1, -0.05) is 99.2 Å². The SMILES string of the molecule is Fc1cc(Br)cc(C2=CC(c3cccc(Br)c3)n3nnnc3N2)c1.NC1=NN=NC1.O=C(/C=C/c1cccc(Br)c1)c1cc(F)cc(Br)c1. The highest BCUT2D eigenvalue weighted by Crippen LogP contribution is 2.33. The fraction of sp³-hybridized carbons (Fsp3) is 0.0606. The van der Waals surface area contributed by atoms with E-state index in [4.69, 9.17) is 5.73 Å². The predicted molar refractivity (Wildman–Crippen MR) is 199 cm³/mol. The number of carbonyl (C=O) groups excluding carboxylic acids is 1. The smallest absolute Gasteiger partial charge is 0.248 e. The maximum atomic E-state index is 13.8. The van der Waals surface area contributed by atoms with Gasteiger partial charge in [-0.05, 0) is 99.6 Å². The minimum absolute atomic E-state index is 0.189. The van der Waals surface area contributed by atoms with E-state index in [1.807, 2.05) is 60.7 Å². The lowest BCUT2D eigenvalue weighted by molar-refractivity contribution is 0.104. The number of tetrazole rings is 1. The quantitative estimate of drug-likeness (QED) is 0.133. The molecule has 1 unspecified atom stereocenters. The van der Waals surface area contributed by atoms with E-state index in [1.54, 1.807) is 16.8 Å². The van der Waals surface area contributed by atoms with Gasteiger partial charge in [-0.15, -0.1) is 5.10 Å². The lowest BCUT2D eigenvalue weighted by atomic mass is 10.0. The van der Waals surface area contributed by atoms with Crippen LogP contribution < -0.4 is 11.1 Å². The molecule has 3 N–H and O–H groups in total. The van der Waals surface area contributed by atoms with E-state index in [0.717, 1.165) is 31.3 Å². The number of hydrogen-bond donors (Lipinski definition) is 2. The van der Waals surface area contributed by atoms with Crippen LogP contribution in [-0.4, -0.2) is 38.4 Å². The first-order chi connectivity index (χ1) is 23.5. The van der Waals surface area contributed by atoms with Gasteiger partial charge in [0.1, 0.15) is 30.1 Å². The zero-order valence-electron chi connectivity index (χ0n) is 25.0. The number of halogens is 6. The Bertz CT molecular complexity index is 2080. The fourth-order valence-corrected chi connectivity index (χ4v) is 6.22. The van der Waals surface area contributed by atoms with Crippen molar-refractivity contribution in [3.8, 4) is 0 Å². The van der Waals surface area contributed by atoms with Crippen LogP contribution in [0.5, 0.6) is 0 Å². The van der Waals surface area contributed by atoms with Gasteiger partial charge in [-0.3, -0.25) is 4.79 Å². The van der Waals surface area contributed by atoms with Crippen LogP contribution >= 0.6 is 63.7 Å². The summed E-state index contributed by atoms with van der Waals surface area (Å²) in [5, 5.41) is 25.1.